The van der Waals surface area contributed by atoms with E-state index in [0.717, 1.165) is 5.56 Å². The summed E-state index contributed by atoms with van der Waals surface area (Å²) in [6.07, 6.45) is -1.60. The molecule has 0 spiro atoms. The Balaban J connectivity index is 2.00. The number of rotatable bonds is 6. The molecule has 0 aliphatic carbocycles. The zero-order valence-corrected chi connectivity index (χ0v) is 19.6. The van der Waals surface area contributed by atoms with Crippen molar-refractivity contribution in [1.29, 1.82) is 0 Å². The molecule has 10 heteroatoms. The van der Waals surface area contributed by atoms with Crippen molar-refractivity contribution >= 4 is 28.8 Å². The van der Waals surface area contributed by atoms with Gasteiger partial charge in [-0.15, -0.1) is 0 Å². The van der Waals surface area contributed by atoms with Gasteiger partial charge in [0.05, 0.1) is 0 Å². The van der Waals surface area contributed by atoms with E-state index in [-0.39, 0.29) is 6.61 Å². The molecule has 0 radical (unpaired) electrons. The highest BCUT2D eigenvalue weighted by Crippen LogP contribution is 2.43. The first-order chi connectivity index (χ1) is 15.2. The fourth-order valence-electron chi connectivity index (χ4n) is 4.02. The minimum absolute atomic E-state index is 0.153. The summed E-state index contributed by atoms with van der Waals surface area (Å²) in [5.74, 6) is -2.24. The van der Waals surface area contributed by atoms with Crippen molar-refractivity contribution in [3.8, 4) is 0 Å². The number of carbonyl (C=O) groups excluding carboxylic acids is 3. The normalized spacial score (nSPS) is 34.2. The zero-order valence-electron chi connectivity index (χ0n) is 18.8. The summed E-state index contributed by atoms with van der Waals surface area (Å²) in [4.78, 5) is 35.3. The van der Waals surface area contributed by atoms with E-state index >= 15 is 0 Å². The summed E-state index contributed by atoms with van der Waals surface area (Å²) in [6.45, 7) is 3.64. The second-order valence-corrected chi connectivity index (χ2v) is 9.87. The Morgan fingerprint density at radius 2 is 1.66 bits per heavy atom. The van der Waals surface area contributed by atoms with Crippen LogP contribution in [-0.4, -0.2) is 73.5 Å². The number of benzene rings is 1. The van der Waals surface area contributed by atoms with Crippen molar-refractivity contribution in [3.63, 3.8) is 0 Å². The van der Waals surface area contributed by atoms with Gasteiger partial charge in [0.1, 0.15) is 19.0 Å². The van der Waals surface area contributed by atoms with Crippen LogP contribution in [0.2, 0.25) is 0 Å². The molecule has 0 amide bonds. The van der Waals surface area contributed by atoms with Crippen LogP contribution in [0.4, 0.5) is 0 Å². The van der Waals surface area contributed by atoms with E-state index in [0.29, 0.717) is 5.75 Å². The van der Waals surface area contributed by atoms with E-state index in [1.54, 1.807) is 7.11 Å². The lowest BCUT2D eigenvalue weighted by Gasteiger charge is -2.49. The van der Waals surface area contributed by atoms with Gasteiger partial charge in [0, 0.05) is 44.3 Å². The molecule has 2 aliphatic heterocycles. The van der Waals surface area contributed by atoms with E-state index < -0.39 is 64.4 Å². The van der Waals surface area contributed by atoms with Crippen molar-refractivity contribution in [3.05, 3.63) is 35.9 Å². The maximum atomic E-state index is 12.0. The fraction of sp³-hybridized carbons (Fsp3) is 0.591. The highest BCUT2D eigenvalue weighted by molar-refractivity contribution is 7.96. The molecule has 1 aromatic rings. The van der Waals surface area contributed by atoms with E-state index in [1.807, 2.05) is 36.6 Å². The molecule has 1 aromatic carbocycles. The average Bonchev–Trinajstić information content (AvgIpc) is 2.74. The molecule has 0 saturated carbocycles. The summed E-state index contributed by atoms with van der Waals surface area (Å²) < 4.78 is 34.8. The standard InChI is InChI=1S/C22H29O9S/c1-13(23)27-11-17-18(28-14(2)24)19(29-15(3)25)20-21(30-17)32(5)12-22(26-4,31-20)16-9-7-6-8-10-16/h6-10,17-21H,11-12H2,1-5H3/q+1/t17-,18-,19+,20-,21+,22-,32?/m1/s1. The van der Waals surface area contributed by atoms with Gasteiger partial charge >= 0.3 is 17.9 Å². The molecule has 2 aliphatic rings. The van der Waals surface area contributed by atoms with Gasteiger partial charge in [-0.05, 0) is 0 Å². The smallest absolute Gasteiger partial charge is 0.303 e. The zero-order chi connectivity index (χ0) is 23.5. The second kappa shape index (κ2) is 10.2. The molecular weight excluding hydrogens is 440 g/mol. The molecule has 2 fully saturated rings. The molecule has 9 nitrogen and oxygen atoms in total. The van der Waals surface area contributed by atoms with E-state index in [9.17, 15) is 14.4 Å². The first-order valence-electron chi connectivity index (χ1n) is 10.2. The number of ether oxygens (including phenoxy) is 6. The molecule has 7 atom stereocenters. The Morgan fingerprint density at radius 1 is 1.03 bits per heavy atom. The lowest BCUT2D eigenvalue weighted by atomic mass is 9.98. The van der Waals surface area contributed by atoms with Crippen LogP contribution < -0.4 is 0 Å². The Morgan fingerprint density at radius 3 is 2.22 bits per heavy atom. The molecule has 0 aromatic heterocycles. The van der Waals surface area contributed by atoms with Crippen LogP contribution in [0.25, 0.3) is 0 Å². The first kappa shape index (κ1) is 24.5. The second-order valence-electron chi connectivity index (χ2n) is 7.73. The Hall–Kier alpha value is -2.14. The molecule has 0 N–H and O–H groups in total. The molecule has 2 saturated heterocycles. The lowest BCUT2D eigenvalue weighted by molar-refractivity contribution is -0.312. The van der Waals surface area contributed by atoms with Gasteiger partial charge in [0.25, 0.3) is 0 Å². The van der Waals surface area contributed by atoms with Gasteiger partial charge < -0.3 is 28.4 Å². The third kappa shape index (κ3) is 5.25. The minimum Gasteiger partial charge on any atom is -0.463 e. The van der Waals surface area contributed by atoms with Crippen LogP contribution in [0.3, 0.4) is 0 Å². The average molecular weight is 470 g/mol. The molecule has 2 heterocycles. The Kier molecular flexibility index (Phi) is 7.81. The van der Waals surface area contributed by atoms with E-state index in [2.05, 4.69) is 0 Å². The molecular formula is C22H29O9S+. The Bertz CT molecular complexity index is 832. The summed E-state index contributed by atoms with van der Waals surface area (Å²) in [7, 11) is 1.14. The van der Waals surface area contributed by atoms with Crippen molar-refractivity contribution in [1.82, 2.24) is 0 Å². The molecule has 176 valence electrons. The quantitative estimate of drug-likeness (QED) is 0.346. The summed E-state index contributed by atoms with van der Waals surface area (Å²) in [5.41, 5.74) is 0.326. The van der Waals surface area contributed by atoms with Crippen molar-refractivity contribution < 1.29 is 42.8 Å². The first-order valence-corrected chi connectivity index (χ1v) is 12.1. The topological polar surface area (TPSA) is 107 Å². The van der Waals surface area contributed by atoms with Gasteiger partial charge in [-0.1, -0.05) is 30.3 Å². The van der Waals surface area contributed by atoms with Crippen molar-refractivity contribution in [2.24, 2.45) is 0 Å². The third-order valence-electron chi connectivity index (χ3n) is 5.33. The minimum atomic E-state index is -1.09. The van der Waals surface area contributed by atoms with Crippen LogP contribution in [0.1, 0.15) is 26.3 Å². The van der Waals surface area contributed by atoms with E-state index in [1.165, 1.54) is 20.8 Å². The van der Waals surface area contributed by atoms with Crippen LogP contribution in [0.15, 0.2) is 30.3 Å². The van der Waals surface area contributed by atoms with Gasteiger partial charge in [-0.25, -0.2) is 0 Å². The maximum Gasteiger partial charge on any atom is 0.303 e. The summed E-state index contributed by atoms with van der Waals surface area (Å²) >= 11 is 0. The number of methoxy groups -OCH3 is 1. The van der Waals surface area contributed by atoms with Crippen molar-refractivity contribution in [2.45, 2.75) is 56.4 Å². The molecule has 1 unspecified atom stereocenters. The molecule has 0 bridgehead atoms. The van der Waals surface area contributed by atoms with Gasteiger partial charge in [0.2, 0.25) is 11.2 Å². The fourth-order valence-corrected chi connectivity index (χ4v) is 6.14. The summed E-state index contributed by atoms with van der Waals surface area (Å²) in [6, 6.07) is 9.47. The lowest BCUT2D eigenvalue weighted by Crippen LogP contribution is -2.68. The number of hydrogen-bond donors (Lipinski definition) is 0. The van der Waals surface area contributed by atoms with Gasteiger partial charge in [0.15, 0.2) is 24.1 Å². The van der Waals surface area contributed by atoms with Gasteiger partial charge in [-0.2, -0.15) is 0 Å². The van der Waals surface area contributed by atoms with Crippen LogP contribution in [-0.2, 0) is 59.5 Å². The Labute approximate surface area is 190 Å². The number of fused-ring (bicyclic) bond motifs is 1. The largest absolute Gasteiger partial charge is 0.463 e. The summed E-state index contributed by atoms with van der Waals surface area (Å²) in [5, 5.41) is 0. The molecule has 32 heavy (non-hydrogen) atoms. The van der Waals surface area contributed by atoms with Crippen LogP contribution in [0, 0.1) is 0 Å². The van der Waals surface area contributed by atoms with Crippen molar-refractivity contribution in [2.75, 3.05) is 25.7 Å². The monoisotopic (exact) mass is 469 g/mol. The number of carbonyl (C=O) groups is 3. The molecule has 3 rings (SSSR count). The third-order valence-corrected chi connectivity index (χ3v) is 7.34. The predicted octanol–water partition coefficient (Wildman–Crippen LogP) is 1.28. The van der Waals surface area contributed by atoms with Gasteiger partial charge in [-0.3, -0.25) is 14.4 Å². The predicted molar refractivity (Wildman–Crippen MR) is 115 cm³/mol. The highest BCUT2D eigenvalue weighted by atomic mass is 32.2. The maximum absolute atomic E-state index is 12.0. The van der Waals surface area contributed by atoms with E-state index in [4.69, 9.17) is 28.4 Å². The SMILES string of the molecule is CO[C@]1(c2ccccc2)C[S+](C)[C@@H]2O[C@H](COC(C)=O)[C@@H](OC(C)=O)[C@H](OC(C)=O)[C@H]2O1. The highest BCUT2D eigenvalue weighted by Gasteiger charge is 2.63. The van der Waals surface area contributed by atoms with Crippen LogP contribution >= 0.6 is 0 Å². The van der Waals surface area contributed by atoms with Crippen LogP contribution in [0.5, 0.6) is 0 Å². The number of esters is 3. The number of hydrogen-bond acceptors (Lipinski definition) is 9.